The topological polar surface area (TPSA) is 84.2 Å². The second-order valence-electron chi connectivity index (χ2n) is 3.71. The molecule has 18 heavy (non-hydrogen) atoms. The van der Waals surface area contributed by atoms with Gasteiger partial charge in [-0.05, 0) is 30.3 Å². The molecule has 0 bridgehead atoms. The van der Waals surface area contributed by atoms with Gasteiger partial charge >= 0.3 is 5.97 Å². The van der Waals surface area contributed by atoms with E-state index in [0.29, 0.717) is 11.4 Å². The predicted molar refractivity (Wildman–Crippen MR) is 64.6 cm³/mol. The number of anilines is 1. The van der Waals surface area contributed by atoms with E-state index < -0.39 is 5.97 Å². The molecule has 6 heteroatoms. The summed E-state index contributed by atoms with van der Waals surface area (Å²) >= 11 is 0. The Bertz CT molecular complexity index is 587. The van der Waals surface area contributed by atoms with Crippen molar-refractivity contribution in [3.05, 3.63) is 47.8 Å². The molecule has 0 aliphatic rings. The van der Waals surface area contributed by atoms with Crippen LogP contribution in [0.25, 0.3) is 0 Å². The maximum Gasteiger partial charge on any atom is 0.335 e. The lowest BCUT2D eigenvalue weighted by Crippen LogP contribution is -2.13. The molecule has 0 spiro atoms. The van der Waals surface area contributed by atoms with E-state index in [9.17, 15) is 9.59 Å². The Kier molecular flexibility index (Phi) is 3.09. The minimum Gasteiger partial charge on any atom is -0.478 e. The van der Waals surface area contributed by atoms with Crippen molar-refractivity contribution in [3.8, 4) is 0 Å². The van der Waals surface area contributed by atoms with Crippen molar-refractivity contribution in [1.82, 2.24) is 9.78 Å². The molecule has 0 saturated carbocycles. The molecule has 1 heterocycles. The van der Waals surface area contributed by atoms with E-state index in [4.69, 9.17) is 5.11 Å². The number of carbonyl (C=O) groups excluding carboxylic acids is 1. The number of hydrogen-bond acceptors (Lipinski definition) is 3. The summed E-state index contributed by atoms with van der Waals surface area (Å²) in [5.74, 6) is -1.34. The molecular formula is C12H11N3O3. The summed E-state index contributed by atoms with van der Waals surface area (Å²) < 4.78 is 1.53. The zero-order valence-electron chi connectivity index (χ0n) is 9.62. The first-order chi connectivity index (χ1) is 8.56. The Hall–Kier alpha value is -2.63. The number of amides is 1. The standard InChI is InChI=1S/C12H11N3O3/c1-15-7-6-10(14-15)11(16)13-9-4-2-8(3-5-9)12(17)18/h2-7H,1H3,(H,13,16)(H,17,18). The monoisotopic (exact) mass is 245 g/mol. The smallest absolute Gasteiger partial charge is 0.335 e. The van der Waals surface area contributed by atoms with Crippen molar-refractivity contribution in [2.24, 2.45) is 7.05 Å². The molecule has 92 valence electrons. The molecule has 2 rings (SSSR count). The van der Waals surface area contributed by atoms with Crippen LogP contribution in [0.5, 0.6) is 0 Å². The number of carboxylic acids is 1. The second kappa shape index (κ2) is 4.70. The fraction of sp³-hybridized carbons (Fsp3) is 0.0833. The Balaban J connectivity index is 2.10. The maximum atomic E-state index is 11.7. The average Bonchev–Trinajstić information content (AvgIpc) is 2.76. The first kappa shape index (κ1) is 11.8. The van der Waals surface area contributed by atoms with E-state index in [1.807, 2.05) is 0 Å². The van der Waals surface area contributed by atoms with Crippen molar-refractivity contribution in [2.45, 2.75) is 0 Å². The maximum absolute atomic E-state index is 11.7. The molecule has 2 aromatic rings. The highest BCUT2D eigenvalue weighted by Crippen LogP contribution is 2.10. The molecule has 1 amide bonds. The summed E-state index contributed by atoms with van der Waals surface area (Å²) in [6.07, 6.45) is 1.67. The highest BCUT2D eigenvalue weighted by atomic mass is 16.4. The Labute approximate surface area is 103 Å². The van der Waals surface area contributed by atoms with Gasteiger partial charge in [-0.3, -0.25) is 9.48 Å². The molecule has 2 N–H and O–H groups in total. The van der Waals surface area contributed by atoms with Crippen LogP contribution in [0.2, 0.25) is 0 Å². The molecule has 0 atom stereocenters. The number of aromatic carboxylic acids is 1. The normalized spacial score (nSPS) is 10.1. The molecule has 1 aromatic heterocycles. The van der Waals surface area contributed by atoms with Gasteiger partial charge < -0.3 is 10.4 Å². The van der Waals surface area contributed by atoms with Gasteiger partial charge in [-0.1, -0.05) is 0 Å². The summed E-state index contributed by atoms with van der Waals surface area (Å²) in [6, 6.07) is 7.52. The molecule has 0 unspecified atom stereocenters. The third kappa shape index (κ3) is 2.54. The number of aromatic nitrogens is 2. The number of carbonyl (C=O) groups is 2. The van der Waals surface area contributed by atoms with E-state index in [0.717, 1.165) is 0 Å². The van der Waals surface area contributed by atoms with Gasteiger partial charge in [0.2, 0.25) is 0 Å². The summed E-state index contributed by atoms with van der Waals surface area (Å²) in [7, 11) is 1.72. The third-order valence-electron chi connectivity index (χ3n) is 2.34. The van der Waals surface area contributed by atoms with Crippen LogP contribution in [0.4, 0.5) is 5.69 Å². The van der Waals surface area contributed by atoms with Gasteiger partial charge in [-0.15, -0.1) is 0 Å². The quantitative estimate of drug-likeness (QED) is 0.855. The fourth-order valence-electron chi connectivity index (χ4n) is 1.43. The number of nitrogens with zero attached hydrogens (tertiary/aromatic N) is 2. The van der Waals surface area contributed by atoms with E-state index in [1.165, 1.54) is 28.9 Å². The molecule has 0 radical (unpaired) electrons. The number of benzene rings is 1. The zero-order chi connectivity index (χ0) is 13.1. The number of hydrogen-bond donors (Lipinski definition) is 2. The van der Waals surface area contributed by atoms with Gasteiger partial charge in [0.05, 0.1) is 5.56 Å². The zero-order valence-corrected chi connectivity index (χ0v) is 9.62. The third-order valence-corrected chi connectivity index (χ3v) is 2.34. The van der Waals surface area contributed by atoms with Crippen molar-refractivity contribution >= 4 is 17.6 Å². The summed E-state index contributed by atoms with van der Waals surface area (Å²) in [6.45, 7) is 0. The highest BCUT2D eigenvalue weighted by molar-refractivity contribution is 6.03. The number of rotatable bonds is 3. The van der Waals surface area contributed by atoms with Crippen LogP contribution >= 0.6 is 0 Å². The first-order valence-electron chi connectivity index (χ1n) is 5.20. The summed E-state index contributed by atoms with van der Waals surface area (Å²) in [4.78, 5) is 22.4. The summed E-state index contributed by atoms with van der Waals surface area (Å²) in [5, 5.41) is 15.3. The Morgan fingerprint density at radius 1 is 1.22 bits per heavy atom. The number of nitrogens with one attached hydrogen (secondary N) is 1. The lowest BCUT2D eigenvalue weighted by Gasteiger charge is -2.03. The van der Waals surface area contributed by atoms with E-state index >= 15 is 0 Å². The molecule has 0 aliphatic heterocycles. The highest BCUT2D eigenvalue weighted by Gasteiger charge is 2.09. The van der Waals surface area contributed by atoms with Gasteiger partial charge in [0, 0.05) is 18.9 Å². The molecule has 1 aromatic carbocycles. The van der Waals surface area contributed by atoms with Gasteiger partial charge in [-0.2, -0.15) is 5.10 Å². The van der Waals surface area contributed by atoms with Crippen LogP contribution in [-0.4, -0.2) is 26.8 Å². The predicted octanol–water partition coefficient (Wildman–Crippen LogP) is 1.37. The Morgan fingerprint density at radius 2 is 1.89 bits per heavy atom. The Morgan fingerprint density at radius 3 is 2.39 bits per heavy atom. The van der Waals surface area contributed by atoms with E-state index in [2.05, 4.69) is 10.4 Å². The summed E-state index contributed by atoms with van der Waals surface area (Å²) in [5.41, 5.74) is 1.00. The molecule has 0 fully saturated rings. The van der Waals surface area contributed by atoms with Crippen LogP contribution in [0.15, 0.2) is 36.5 Å². The lowest BCUT2D eigenvalue weighted by atomic mass is 10.2. The van der Waals surface area contributed by atoms with Gasteiger partial charge in [-0.25, -0.2) is 4.79 Å². The fourth-order valence-corrected chi connectivity index (χ4v) is 1.43. The SMILES string of the molecule is Cn1ccc(C(=O)Nc2ccc(C(=O)O)cc2)n1. The van der Waals surface area contributed by atoms with Crippen LogP contribution in [0.3, 0.4) is 0 Å². The van der Waals surface area contributed by atoms with Crippen molar-refractivity contribution in [1.29, 1.82) is 0 Å². The minimum atomic E-state index is -1.00. The average molecular weight is 245 g/mol. The van der Waals surface area contributed by atoms with E-state index in [1.54, 1.807) is 19.3 Å². The minimum absolute atomic E-state index is 0.172. The van der Waals surface area contributed by atoms with Crippen LogP contribution in [0.1, 0.15) is 20.8 Å². The lowest BCUT2D eigenvalue weighted by molar-refractivity contribution is 0.0696. The van der Waals surface area contributed by atoms with Crippen molar-refractivity contribution in [2.75, 3.05) is 5.32 Å². The molecule has 0 aliphatic carbocycles. The molecule has 6 nitrogen and oxygen atoms in total. The van der Waals surface area contributed by atoms with Gasteiger partial charge in [0.1, 0.15) is 0 Å². The van der Waals surface area contributed by atoms with Crippen LogP contribution in [0, 0.1) is 0 Å². The molecular weight excluding hydrogens is 234 g/mol. The van der Waals surface area contributed by atoms with Crippen molar-refractivity contribution < 1.29 is 14.7 Å². The largest absolute Gasteiger partial charge is 0.478 e. The first-order valence-corrected chi connectivity index (χ1v) is 5.20. The number of aryl methyl sites for hydroxylation is 1. The van der Waals surface area contributed by atoms with Gasteiger partial charge in [0.15, 0.2) is 5.69 Å². The van der Waals surface area contributed by atoms with Crippen LogP contribution < -0.4 is 5.32 Å². The number of carboxylic acid groups (broad SMARTS) is 1. The van der Waals surface area contributed by atoms with E-state index in [-0.39, 0.29) is 11.5 Å². The second-order valence-corrected chi connectivity index (χ2v) is 3.71. The van der Waals surface area contributed by atoms with Crippen molar-refractivity contribution in [3.63, 3.8) is 0 Å². The van der Waals surface area contributed by atoms with Crippen LogP contribution in [-0.2, 0) is 7.05 Å². The molecule has 0 saturated heterocycles. The van der Waals surface area contributed by atoms with Gasteiger partial charge in [0.25, 0.3) is 5.91 Å².